The number of aryl methyl sites for hydroxylation is 1. The lowest BCUT2D eigenvalue weighted by Crippen LogP contribution is -2.29. The third-order valence-electron chi connectivity index (χ3n) is 3.83. The van der Waals surface area contributed by atoms with E-state index in [1.165, 1.54) is 24.8 Å². The molecule has 94 valence electrons. The summed E-state index contributed by atoms with van der Waals surface area (Å²) in [6, 6.07) is 6.65. The number of phenolic OH excluding ortho intramolecular Hbond substituents is 1. The highest BCUT2D eigenvalue weighted by molar-refractivity contribution is 5.37. The molecule has 2 rings (SSSR count). The molecule has 0 bridgehead atoms. The van der Waals surface area contributed by atoms with Crippen molar-refractivity contribution >= 4 is 0 Å². The lowest BCUT2D eigenvalue weighted by atomic mass is 10.0. The Hall–Kier alpha value is -1.02. The van der Waals surface area contributed by atoms with Gasteiger partial charge in [0.05, 0.1) is 0 Å². The molecule has 1 aliphatic carbocycles. The molecule has 17 heavy (non-hydrogen) atoms. The van der Waals surface area contributed by atoms with Crippen LogP contribution in [0.5, 0.6) is 5.75 Å². The molecule has 0 spiro atoms. The molecule has 2 nitrogen and oxygen atoms in total. The number of aromatic hydroxyl groups is 1. The van der Waals surface area contributed by atoms with Gasteiger partial charge in [-0.2, -0.15) is 0 Å². The van der Waals surface area contributed by atoms with Crippen LogP contribution in [0.15, 0.2) is 18.2 Å². The Kier molecular flexibility index (Phi) is 3.72. The van der Waals surface area contributed by atoms with E-state index in [1.54, 1.807) is 6.07 Å². The van der Waals surface area contributed by atoms with Gasteiger partial charge in [0.15, 0.2) is 0 Å². The van der Waals surface area contributed by atoms with Gasteiger partial charge in [-0.05, 0) is 45.1 Å². The maximum Gasteiger partial charge on any atom is 0.120 e. The Morgan fingerprint density at radius 2 is 2.12 bits per heavy atom. The van der Waals surface area contributed by atoms with E-state index in [9.17, 15) is 5.11 Å². The van der Waals surface area contributed by atoms with Crippen molar-refractivity contribution in [2.24, 2.45) is 5.92 Å². The van der Waals surface area contributed by atoms with E-state index in [0.717, 1.165) is 11.5 Å². The zero-order valence-corrected chi connectivity index (χ0v) is 11.0. The number of phenols is 1. The van der Waals surface area contributed by atoms with Crippen molar-refractivity contribution in [2.75, 3.05) is 0 Å². The molecule has 3 unspecified atom stereocenters. The van der Waals surface area contributed by atoms with Gasteiger partial charge < -0.3 is 10.4 Å². The molecule has 0 aromatic heterocycles. The standard InChI is InChI=1S/C15H23NO/c1-10-4-6-13(8-10)16-12(3)14-9-11(2)5-7-15(14)17/h5,7,9-10,12-13,16-17H,4,6,8H2,1-3H3. The molecule has 0 radical (unpaired) electrons. The van der Waals surface area contributed by atoms with Crippen molar-refractivity contribution in [3.8, 4) is 5.75 Å². The van der Waals surface area contributed by atoms with Gasteiger partial charge in [-0.3, -0.25) is 0 Å². The third-order valence-corrected chi connectivity index (χ3v) is 3.83. The first-order valence-electron chi connectivity index (χ1n) is 6.62. The van der Waals surface area contributed by atoms with E-state index in [1.807, 2.05) is 6.07 Å². The Balaban J connectivity index is 2.04. The van der Waals surface area contributed by atoms with Crippen LogP contribution in [0, 0.1) is 12.8 Å². The second kappa shape index (κ2) is 5.09. The topological polar surface area (TPSA) is 32.3 Å². The predicted molar refractivity (Wildman–Crippen MR) is 71.2 cm³/mol. The van der Waals surface area contributed by atoms with Crippen molar-refractivity contribution in [1.82, 2.24) is 5.32 Å². The molecule has 1 fully saturated rings. The average Bonchev–Trinajstić information content (AvgIpc) is 2.67. The number of benzene rings is 1. The molecule has 2 N–H and O–H groups in total. The SMILES string of the molecule is Cc1ccc(O)c(C(C)NC2CCC(C)C2)c1. The van der Waals surface area contributed by atoms with Gasteiger partial charge in [0.1, 0.15) is 5.75 Å². The van der Waals surface area contributed by atoms with Gasteiger partial charge in [-0.15, -0.1) is 0 Å². The van der Waals surface area contributed by atoms with E-state index < -0.39 is 0 Å². The van der Waals surface area contributed by atoms with Crippen LogP contribution >= 0.6 is 0 Å². The van der Waals surface area contributed by atoms with Gasteiger partial charge in [-0.25, -0.2) is 0 Å². The maximum absolute atomic E-state index is 9.89. The molecule has 0 saturated heterocycles. The quantitative estimate of drug-likeness (QED) is 0.837. The second-order valence-electron chi connectivity index (χ2n) is 5.57. The predicted octanol–water partition coefficient (Wildman–Crippen LogP) is 3.54. The number of rotatable bonds is 3. The lowest BCUT2D eigenvalue weighted by molar-refractivity contribution is 0.421. The Morgan fingerprint density at radius 3 is 2.76 bits per heavy atom. The van der Waals surface area contributed by atoms with E-state index in [4.69, 9.17) is 0 Å². The molecule has 3 atom stereocenters. The molecule has 0 aliphatic heterocycles. The van der Waals surface area contributed by atoms with Crippen LogP contribution in [-0.4, -0.2) is 11.1 Å². The Labute approximate surface area is 104 Å². The van der Waals surface area contributed by atoms with Crippen LogP contribution in [0.1, 0.15) is 50.3 Å². The highest BCUT2D eigenvalue weighted by atomic mass is 16.3. The van der Waals surface area contributed by atoms with Gasteiger partial charge in [0.2, 0.25) is 0 Å². The molecule has 1 saturated carbocycles. The first-order valence-corrected chi connectivity index (χ1v) is 6.62. The van der Waals surface area contributed by atoms with Gasteiger partial charge in [0, 0.05) is 17.6 Å². The first kappa shape index (κ1) is 12.4. The van der Waals surface area contributed by atoms with Crippen LogP contribution in [-0.2, 0) is 0 Å². The smallest absolute Gasteiger partial charge is 0.120 e. The summed E-state index contributed by atoms with van der Waals surface area (Å²) >= 11 is 0. The van der Waals surface area contributed by atoms with Crippen LogP contribution < -0.4 is 5.32 Å². The summed E-state index contributed by atoms with van der Waals surface area (Å²) in [6.07, 6.45) is 3.85. The zero-order valence-electron chi connectivity index (χ0n) is 11.0. The van der Waals surface area contributed by atoms with Crippen LogP contribution in [0.2, 0.25) is 0 Å². The summed E-state index contributed by atoms with van der Waals surface area (Å²) in [6.45, 7) is 6.52. The van der Waals surface area contributed by atoms with Gasteiger partial charge >= 0.3 is 0 Å². The van der Waals surface area contributed by atoms with Crippen molar-refractivity contribution in [3.63, 3.8) is 0 Å². The van der Waals surface area contributed by atoms with E-state index in [0.29, 0.717) is 11.8 Å². The van der Waals surface area contributed by atoms with Crippen LogP contribution in [0.3, 0.4) is 0 Å². The van der Waals surface area contributed by atoms with E-state index in [2.05, 4.69) is 32.2 Å². The van der Waals surface area contributed by atoms with Crippen molar-refractivity contribution in [3.05, 3.63) is 29.3 Å². The zero-order chi connectivity index (χ0) is 12.4. The van der Waals surface area contributed by atoms with Crippen LogP contribution in [0.4, 0.5) is 0 Å². The summed E-state index contributed by atoms with van der Waals surface area (Å²) < 4.78 is 0. The maximum atomic E-state index is 9.89. The van der Waals surface area contributed by atoms with Crippen molar-refractivity contribution < 1.29 is 5.11 Å². The third kappa shape index (κ3) is 3.01. The monoisotopic (exact) mass is 233 g/mol. The largest absolute Gasteiger partial charge is 0.508 e. The summed E-state index contributed by atoms with van der Waals surface area (Å²) in [5, 5.41) is 13.5. The molecule has 1 aromatic carbocycles. The molecule has 1 aliphatic rings. The normalized spacial score (nSPS) is 26.1. The highest BCUT2D eigenvalue weighted by Crippen LogP contribution is 2.29. The minimum absolute atomic E-state index is 0.227. The summed E-state index contributed by atoms with van der Waals surface area (Å²) in [5.74, 6) is 1.24. The van der Waals surface area contributed by atoms with Crippen molar-refractivity contribution in [1.29, 1.82) is 0 Å². The molecular weight excluding hydrogens is 210 g/mol. The lowest BCUT2D eigenvalue weighted by Gasteiger charge is -2.21. The number of nitrogens with one attached hydrogen (secondary N) is 1. The minimum atomic E-state index is 0.227. The summed E-state index contributed by atoms with van der Waals surface area (Å²) in [7, 11) is 0. The molecule has 1 aromatic rings. The Morgan fingerprint density at radius 1 is 1.35 bits per heavy atom. The first-order chi connectivity index (χ1) is 8.06. The number of hydrogen-bond acceptors (Lipinski definition) is 2. The molecule has 0 amide bonds. The average molecular weight is 233 g/mol. The molecular formula is C15H23NO. The summed E-state index contributed by atoms with van der Waals surface area (Å²) in [5.41, 5.74) is 2.22. The fourth-order valence-electron chi connectivity index (χ4n) is 2.82. The van der Waals surface area contributed by atoms with Crippen molar-refractivity contribution in [2.45, 2.75) is 52.1 Å². The molecule has 2 heteroatoms. The van der Waals surface area contributed by atoms with Gasteiger partial charge in [0.25, 0.3) is 0 Å². The fourth-order valence-corrected chi connectivity index (χ4v) is 2.82. The Bertz CT molecular complexity index is 389. The summed E-state index contributed by atoms with van der Waals surface area (Å²) in [4.78, 5) is 0. The fraction of sp³-hybridized carbons (Fsp3) is 0.600. The minimum Gasteiger partial charge on any atom is -0.508 e. The van der Waals surface area contributed by atoms with Gasteiger partial charge in [-0.1, -0.05) is 24.6 Å². The molecule has 0 heterocycles. The highest BCUT2D eigenvalue weighted by Gasteiger charge is 2.23. The van der Waals surface area contributed by atoms with Crippen LogP contribution in [0.25, 0.3) is 0 Å². The van der Waals surface area contributed by atoms with E-state index in [-0.39, 0.29) is 6.04 Å². The second-order valence-corrected chi connectivity index (χ2v) is 5.57. The number of hydrogen-bond donors (Lipinski definition) is 2. The van der Waals surface area contributed by atoms with E-state index >= 15 is 0 Å².